The minimum absolute atomic E-state index is 0. The molecule has 0 unspecified atom stereocenters. The lowest BCUT2D eigenvalue weighted by Crippen LogP contribution is -2.43. The first kappa shape index (κ1) is 18.1. The van der Waals surface area contributed by atoms with Gasteiger partial charge >= 0.3 is 0 Å². The number of thiazole rings is 1. The molecule has 1 aromatic carbocycles. The van der Waals surface area contributed by atoms with Crippen molar-refractivity contribution in [2.45, 2.75) is 24.9 Å². The highest BCUT2D eigenvalue weighted by Crippen LogP contribution is 2.47. The van der Waals surface area contributed by atoms with Crippen molar-refractivity contribution >= 4 is 50.4 Å². The maximum absolute atomic E-state index is 14.4. The molecule has 2 aliphatic rings. The third-order valence-electron chi connectivity index (χ3n) is 5.13. The lowest BCUT2D eigenvalue weighted by atomic mass is 9.86. The molecule has 1 fully saturated rings. The third kappa shape index (κ3) is 2.82. The van der Waals surface area contributed by atoms with Crippen molar-refractivity contribution in [3.05, 3.63) is 34.5 Å². The van der Waals surface area contributed by atoms with Gasteiger partial charge in [-0.25, -0.2) is 9.37 Å². The van der Waals surface area contributed by atoms with Crippen LogP contribution in [0, 0.1) is 5.82 Å². The minimum Gasteiger partial charge on any atom is -0.375 e. The number of hydrogen-bond donors (Lipinski definition) is 2. The fraction of sp³-hybridized carbons (Fsp3) is 0.389. The van der Waals surface area contributed by atoms with Crippen molar-refractivity contribution in [2.75, 3.05) is 25.4 Å². The van der Waals surface area contributed by atoms with Crippen molar-refractivity contribution in [3.63, 3.8) is 0 Å². The smallest absolute Gasteiger partial charge is 0.181 e. The summed E-state index contributed by atoms with van der Waals surface area (Å²) in [4.78, 5) is 6.51. The van der Waals surface area contributed by atoms with Crippen molar-refractivity contribution in [1.82, 2.24) is 10.3 Å². The highest BCUT2D eigenvalue weighted by Gasteiger charge is 2.40. The van der Waals surface area contributed by atoms with Gasteiger partial charge in [0.1, 0.15) is 11.1 Å². The zero-order chi connectivity index (χ0) is 17.0. The molecule has 1 spiro atoms. The zero-order valence-electron chi connectivity index (χ0n) is 14.0. The number of nitrogens with zero attached hydrogens (tertiary/aromatic N) is 1. The highest BCUT2D eigenvalue weighted by molar-refractivity contribution is 7.22. The van der Waals surface area contributed by atoms with E-state index >= 15 is 0 Å². The highest BCUT2D eigenvalue weighted by atomic mass is 35.5. The number of ether oxygens (including phenoxy) is 1. The van der Waals surface area contributed by atoms with Crippen molar-refractivity contribution in [2.24, 2.45) is 0 Å². The van der Waals surface area contributed by atoms with E-state index in [0.717, 1.165) is 54.1 Å². The van der Waals surface area contributed by atoms with Gasteiger partial charge in [0, 0.05) is 9.75 Å². The van der Waals surface area contributed by atoms with Gasteiger partial charge in [-0.2, -0.15) is 0 Å². The molecule has 8 heteroatoms. The van der Waals surface area contributed by atoms with Crippen LogP contribution in [0.3, 0.4) is 0 Å². The number of anilines is 1. The lowest BCUT2D eigenvalue weighted by molar-refractivity contribution is -0.0771. The molecule has 0 amide bonds. The van der Waals surface area contributed by atoms with E-state index in [1.807, 2.05) is 6.07 Å². The minimum atomic E-state index is -0.306. The van der Waals surface area contributed by atoms with E-state index in [-0.39, 0.29) is 23.8 Å². The Labute approximate surface area is 165 Å². The van der Waals surface area contributed by atoms with Crippen molar-refractivity contribution in [3.8, 4) is 10.4 Å². The molecule has 3 aromatic rings. The summed E-state index contributed by atoms with van der Waals surface area (Å²) in [6, 6.07) is 5.80. The zero-order valence-corrected chi connectivity index (χ0v) is 16.5. The quantitative estimate of drug-likeness (QED) is 0.626. The monoisotopic (exact) mass is 411 g/mol. The third-order valence-corrected chi connectivity index (χ3v) is 7.38. The number of fused-ring (bicyclic) bond motifs is 3. The van der Waals surface area contributed by atoms with Crippen LogP contribution >= 0.6 is 35.1 Å². The van der Waals surface area contributed by atoms with Crippen molar-refractivity contribution < 1.29 is 9.13 Å². The summed E-state index contributed by atoms with van der Waals surface area (Å²) < 4.78 is 21.5. The molecule has 138 valence electrons. The number of halogens is 2. The van der Waals surface area contributed by atoms with E-state index in [4.69, 9.17) is 10.5 Å². The van der Waals surface area contributed by atoms with Gasteiger partial charge in [-0.3, -0.25) is 0 Å². The molecule has 0 atom stereocenters. The molecule has 3 N–H and O–H groups in total. The van der Waals surface area contributed by atoms with Gasteiger partial charge in [0.05, 0.1) is 11.3 Å². The number of benzene rings is 1. The van der Waals surface area contributed by atoms with Crippen LogP contribution in [-0.2, 0) is 16.8 Å². The molecule has 4 heterocycles. The topological polar surface area (TPSA) is 60.2 Å². The summed E-state index contributed by atoms with van der Waals surface area (Å²) in [5, 5.41) is 3.81. The van der Waals surface area contributed by atoms with E-state index < -0.39 is 0 Å². The summed E-state index contributed by atoms with van der Waals surface area (Å²) >= 11 is 3.08. The first-order valence-corrected chi connectivity index (χ1v) is 10.1. The second-order valence-corrected chi connectivity index (χ2v) is 8.78. The van der Waals surface area contributed by atoms with Gasteiger partial charge in [0.25, 0.3) is 0 Å². The van der Waals surface area contributed by atoms with E-state index in [9.17, 15) is 4.39 Å². The Morgan fingerprint density at radius 1 is 1.19 bits per heavy atom. The Morgan fingerprint density at radius 3 is 2.81 bits per heavy atom. The number of hydrogen-bond acceptors (Lipinski definition) is 6. The van der Waals surface area contributed by atoms with Crippen LogP contribution in [0.1, 0.15) is 23.3 Å². The van der Waals surface area contributed by atoms with Crippen LogP contribution in [0.2, 0.25) is 0 Å². The molecule has 4 nitrogen and oxygen atoms in total. The predicted molar refractivity (Wildman–Crippen MR) is 108 cm³/mol. The number of nitrogen functional groups attached to an aromatic ring is 1. The molecule has 5 rings (SSSR count). The van der Waals surface area contributed by atoms with E-state index in [1.165, 1.54) is 21.8 Å². The Morgan fingerprint density at radius 2 is 2.00 bits per heavy atom. The first-order valence-electron chi connectivity index (χ1n) is 8.48. The van der Waals surface area contributed by atoms with Gasteiger partial charge in [0.2, 0.25) is 0 Å². The number of rotatable bonds is 1. The molecule has 1 saturated heterocycles. The molecule has 0 radical (unpaired) electrons. The fourth-order valence-electron chi connectivity index (χ4n) is 3.91. The summed E-state index contributed by atoms with van der Waals surface area (Å²) in [7, 11) is 0. The van der Waals surface area contributed by atoms with Crippen molar-refractivity contribution in [1.29, 1.82) is 0 Å². The summed E-state index contributed by atoms with van der Waals surface area (Å²) in [5.74, 6) is -0.306. The molecule has 0 bridgehead atoms. The molecule has 0 saturated carbocycles. The first-order chi connectivity index (χ1) is 12.1. The standard InChI is InChI=1S/C18H18FN3OS2.ClH/c19-12-7-11(9-14-15(12)22-17(20)25-14)13-8-10-1-6-23-18(16(10)24-13)2-4-21-5-3-18;/h7-9,21H,1-6H2,(H2,20,22);1H. The van der Waals surface area contributed by atoms with Gasteiger partial charge in [-0.05, 0) is 61.7 Å². The second kappa shape index (κ2) is 6.73. The summed E-state index contributed by atoms with van der Waals surface area (Å²) in [5.41, 5.74) is 8.21. The molecule has 0 aliphatic carbocycles. The average Bonchev–Trinajstić information content (AvgIpc) is 3.20. The second-order valence-electron chi connectivity index (χ2n) is 6.66. The van der Waals surface area contributed by atoms with Crippen LogP contribution < -0.4 is 11.1 Å². The van der Waals surface area contributed by atoms with E-state index in [0.29, 0.717) is 10.6 Å². The SMILES string of the molecule is Cl.Nc1nc2c(F)cc(-c3cc4c(s3)C3(CCNCC3)OCC4)cc2s1. The number of nitrogens with one attached hydrogen (secondary N) is 1. The van der Waals surface area contributed by atoms with Crippen LogP contribution in [0.15, 0.2) is 18.2 Å². The van der Waals surface area contributed by atoms with Gasteiger partial charge in [0.15, 0.2) is 10.9 Å². The Balaban J connectivity index is 0.00000168. The maximum atomic E-state index is 14.4. The molecular weight excluding hydrogens is 393 g/mol. The van der Waals surface area contributed by atoms with Gasteiger partial charge < -0.3 is 15.8 Å². The normalized spacial score (nSPS) is 18.7. The number of aromatic nitrogens is 1. The molecule has 2 aromatic heterocycles. The van der Waals surface area contributed by atoms with Gasteiger partial charge in [-0.1, -0.05) is 11.3 Å². The summed E-state index contributed by atoms with van der Waals surface area (Å²) in [6.45, 7) is 2.72. The molecule has 2 aliphatic heterocycles. The van der Waals surface area contributed by atoms with Crippen LogP contribution in [0.5, 0.6) is 0 Å². The summed E-state index contributed by atoms with van der Waals surface area (Å²) in [6.07, 6.45) is 2.93. The van der Waals surface area contributed by atoms with Crippen LogP contribution in [0.25, 0.3) is 20.7 Å². The predicted octanol–water partition coefficient (Wildman–Crippen LogP) is 4.32. The van der Waals surface area contributed by atoms with Crippen LogP contribution in [0.4, 0.5) is 9.52 Å². The van der Waals surface area contributed by atoms with E-state index in [1.54, 1.807) is 17.4 Å². The molecule has 26 heavy (non-hydrogen) atoms. The Hall–Kier alpha value is -1.25. The number of thiophene rings is 1. The fourth-order valence-corrected chi connectivity index (χ4v) is 6.10. The number of piperidine rings is 1. The maximum Gasteiger partial charge on any atom is 0.181 e. The Bertz CT molecular complexity index is 965. The Kier molecular flexibility index (Phi) is 4.69. The largest absolute Gasteiger partial charge is 0.375 e. The van der Waals surface area contributed by atoms with Crippen LogP contribution in [-0.4, -0.2) is 24.7 Å². The molecular formula is C18H19ClFN3OS2. The van der Waals surface area contributed by atoms with Gasteiger partial charge in [-0.15, -0.1) is 23.7 Å². The average molecular weight is 412 g/mol. The van der Waals surface area contributed by atoms with E-state index in [2.05, 4.69) is 16.4 Å². The lowest BCUT2D eigenvalue weighted by Gasteiger charge is -2.40. The number of nitrogens with two attached hydrogens (primary N) is 1.